The van der Waals surface area contributed by atoms with Crippen molar-refractivity contribution in [1.29, 1.82) is 0 Å². The number of hydrogen-bond donors (Lipinski definition) is 2. The Bertz CT molecular complexity index is 648. The van der Waals surface area contributed by atoms with E-state index in [1.807, 2.05) is 24.8 Å². The van der Waals surface area contributed by atoms with Crippen molar-refractivity contribution in [2.45, 2.75) is 51.6 Å². The molecule has 0 bridgehead atoms. The van der Waals surface area contributed by atoms with Crippen molar-refractivity contribution in [3.05, 3.63) is 49.1 Å². The van der Waals surface area contributed by atoms with Crippen LogP contribution >= 0.6 is 0 Å². The van der Waals surface area contributed by atoms with Crippen LogP contribution in [0.2, 0.25) is 0 Å². The molecule has 0 spiro atoms. The minimum Gasteiger partial charge on any atom is -0.481 e. The predicted octanol–water partition coefficient (Wildman–Crippen LogP) is 2.44. The second-order valence-corrected chi connectivity index (χ2v) is 6.35. The van der Waals surface area contributed by atoms with Crippen molar-refractivity contribution in [3.8, 4) is 11.1 Å². The molecule has 0 aromatic carbocycles. The third-order valence-corrected chi connectivity index (χ3v) is 4.23. The Hall–Kier alpha value is -2.76. The highest BCUT2D eigenvalue weighted by atomic mass is 16.4. The molecule has 2 aromatic rings. The number of unbranched alkanes of at least 4 members (excludes halogenated alkanes) is 2. The number of aliphatic carboxylic acids is 2. The second-order valence-electron chi connectivity index (χ2n) is 6.35. The lowest BCUT2D eigenvalue weighted by Gasteiger charge is -2.02. The Morgan fingerprint density at radius 3 is 1.31 bits per heavy atom. The molecule has 138 valence electrons. The van der Waals surface area contributed by atoms with E-state index in [-0.39, 0.29) is 12.8 Å². The summed E-state index contributed by atoms with van der Waals surface area (Å²) >= 11 is 0. The van der Waals surface area contributed by atoms with Crippen LogP contribution < -0.4 is 9.13 Å². The van der Waals surface area contributed by atoms with Gasteiger partial charge in [-0.25, -0.2) is 9.13 Å². The van der Waals surface area contributed by atoms with E-state index in [1.165, 1.54) is 0 Å². The van der Waals surface area contributed by atoms with E-state index in [9.17, 15) is 9.59 Å². The standard InChI is InChI=1S/C20H24N2O4/c23-19(24)5-1-3-11-21-13-7-17(8-14-21)18-9-15-22(16-10-18)12-4-2-6-20(25)26/h7-10,13-16H,1-6,11-12H2/p+2. The lowest BCUT2D eigenvalue weighted by atomic mass is 10.1. The van der Waals surface area contributed by atoms with Crippen LogP contribution in [0.3, 0.4) is 0 Å². The lowest BCUT2D eigenvalue weighted by molar-refractivity contribution is -0.697. The van der Waals surface area contributed by atoms with Gasteiger partial charge in [-0.05, 0) is 24.0 Å². The van der Waals surface area contributed by atoms with Crippen molar-refractivity contribution in [2.75, 3.05) is 0 Å². The summed E-state index contributed by atoms with van der Waals surface area (Å²) in [6, 6.07) is 8.24. The molecule has 0 aliphatic heterocycles. The van der Waals surface area contributed by atoms with E-state index in [0.717, 1.165) is 37.1 Å². The first-order valence-electron chi connectivity index (χ1n) is 8.97. The molecule has 0 aliphatic carbocycles. The third-order valence-electron chi connectivity index (χ3n) is 4.23. The molecule has 0 saturated carbocycles. The van der Waals surface area contributed by atoms with Gasteiger partial charge in [0.25, 0.3) is 0 Å². The Morgan fingerprint density at radius 1 is 0.654 bits per heavy atom. The van der Waals surface area contributed by atoms with Crippen LogP contribution in [0.1, 0.15) is 38.5 Å². The van der Waals surface area contributed by atoms with E-state index >= 15 is 0 Å². The molecule has 0 amide bonds. The average Bonchev–Trinajstić information content (AvgIpc) is 2.63. The number of carboxylic acids is 2. The summed E-state index contributed by atoms with van der Waals surface area (Å²) in [6.45, 7) is 1.64. The highest BCUT2D eigenvalue weighted by Crippen LogP contribution is 2.15. The summed E-state index contributed by atoms with van der Waals surface area (Å²) < 4.78 is 4.13. The van der Waals surface area contributed by atoms with Gasteiger partial charge in [-0.1, -0.05) is 0 Å². The number of hydrogen-bond acceptors (Lipinski definition) is 2. The first kappa shape index (κ1) is 19.6. The highest BCUT2D eigenvalue weighted by molar-refractivity contribution is 5.66. The molecule has 0 atom stereocenters. The normalized spacial score (nSPS) is 10.6. The maximum Gasteiger partial charge on any atom is 0.303 e. The molecule has 0 unspecified atom stereocenters. The predicted molar refractivity (Wildman–Crippen MR) is 95.2 cm³/mol. The number of pyridine rings is 2. The van der Waals surface area contributed by atoms with Gasteiger partial charge in [0, 0.05) is 49.9 Å². The number of nitrogens with zero attached hydrogens (tertiary/aromatic N) is 2. The fraction of sp³-hybridized carbons (Fsp3) is 0.400. The van der Waals surface area contributed by atoms with Crippen LogP contribution in [0.4, 0.5) is 0 Å². The average molecular weight is 358 g/mol. The monoisotopic (exact) mass is 358 g/mol. The summed E-state index contributed by atoms with van der Waals surface area (Å²) in [6.07, 6.45) is 11.6. The summed E-state index contributed by atoms with van der Waals surface area (Å²) in [5.41, 5.74) is 2.26. The van der Waals surface area contributed by atoms with Crippen LogP contribution in [0.15, 0.2) is 49.1 Å². The second kappa shape index (κ2) is 10.3. The van der Waals surface area contributed by atoms with Crippen molar-refractivity contribution < 1.29 is 28.9 Å². The number of carbonyl (C=O) groups is 2. The maximum atomic E-state index is 10.5. The summed E-state index contributed by atoms with van der Waals surface area (Å²) in [5, 5.41) is 17.3. The minimum atomic E-state index is -0.742. The van der Waals surface area contributed by atoms with E-state index < -0.39 is 11.9 Å². The fourth-order valence-electron chi connectivity index (χ4n) is 2.74. The van der Waals surface area contributed by atoms with Gasteiger partial charge in [0.2, 0.25) is 0 Å². The molecule has 0 fully saturated rings. The largest absolute Gasteiger partial charge is 0.481 e. The molecule has 26 heavy (non-hydrogen) atoms. The minimum absolute atomic E-state index is 0.221. The number of rotatable bonds is 11. The van der Waals surface area contributed by atoms with E-state index in [4.69, 9.17) is 10.2 Å². The maximum absolute atomic E-state index is 10.5. The van der Waals surface area contributed by atoms with Gasteiger partial charge in [0.1, 0.15) is 13.1 Å². The van der Waals surface area contributed by atoms with Crippen molar-refractivity contribution in [2.24, 2.45) is 0 Å². The quantitative estimate of drug-likeness (QED) is 0.477. The van der Waals surface area contributed by atoms with Gasteiger partial charge in [-0.2, -0.15) is 0 Å². The van der Waals surface area contributed by atoms with Crippen molar-refractivity contribution in [3.63, 3.8) is 0 Å². The molecule has 2 aromatic heterocycles. The number of carboxylic acid groups (broad SMARTS) is 2. The molecule has 6 heteroatoms. The van der Waals surface area contributed by atoms with Crippen LogP contribution in [0.25, 0.3) is 11.1 Å². The fourth-order valence-corrected chi connectivity index (χ4v) is 2.74. The smallest absolute Gasteiger partial charge is 0.303 e. The number of aromatic nitrogens is 2. The molecule has 2 rings (SSSR count). The Morgan fingerprint density at radius 2 is 1.00 bits per heavy atom. The van der Waals surface area contributed by atoms with Crippen LogP contribution in [0, 0.1) is 0 Å². The van der Waals surface area contributed by atoms with Crippen molar-refractivity contribution in [1.82, 2.24) is 0 Å². The van der Waals surface area contributed by atoms with Gasteiger partial charge in [0.15, 0.2) is 24.8 Å². The zero-order chi connectivity index (χ0) is 18.8. The molecular weight excluding hydrogens is 332 g/mol. The molecular formula is C20H26N2O4+2. The molecule has 0 aliphatic rings. The number of aryl methyl sites for hydroxylation is 2. The summed E-state index contributed by atoms with van der Waals surface area (Å²) in [7, 11) is 0. The highest BCUT2D eigenvalue weighted by Gasteiger charge is 2.07. The van der Waals surface area contributed by atoms with Gasteiger partial charge >= 0.3 is 11.9 Å². The summed E-state index contributed by atoms with van der Waals surface area (Å²) in [5.74, 6) is -1.48. The van der Waals surface area contributed by atoms with Crippen LogP contribution in [-0.4, -0.2) is 22.2 Å². The molecule has 0 saturated heterocycles. The van der Waals surface area contributed by atoms with E-state index in [1.54, 1.807) is 0 Å². The van der Waals surface area contributed by atoms with Gasteiger partial charge < -0.3 is 10.2 Å². The van der Waals surface area contributed by atoms with Gasteiger partial charge in [0.05, 0.1) is 0 Å². The third kappa shape index (κ3) is 7.01. The lowest BCUT2D eigenvalue weighted by Crippen LogP contribution is -2.33. The summed E-state index contributed by atoms with van der Waals surface area (Å²) in [4.78, 5) is 21.0. The first-order chi connectivity index (χ1) is 12.5. The van der Waals surface area contributed by atoms with Gasteiger partial charge in [-0.15, -0.1) is 0 Å². The molecule has 0 radical (unpaired) electrons. The zero-order valence-electron chi connectivity index (χ0n) is 14.9. The Balaban J connectivity index is 1.82. The van der Waals surface area contributed by atoms with Crippen LogP contribution in [0.5, 0.6) is 0 Å². The van der Waals surface area contributed by atoms with Crippen LogP contribution in [-0.2, 0) is 22.7 Å². The molecule has 2 N–H and O–H groups in total. The zero-order valence-corrected chi connectivity index (χ0v) is 14.9. The first-order valence-corrected chi connectivity index (χ1v) is 8.97. The topological polar surface area (TPSA) is 82.4 Å². The van der Waals surface area contributed by atoms with E-state index in [0.29, 0.717) is 12.8 Å². The molecule has 6 nitrogen and oxygen atoms in total. The van der Waals surface area contributed by atoms with Gasteiger partial charge in [-0.3, -0.25) is 9.59 Å². The SMILES string of the molecule is O=C(O)CCCC[n+]1ccc(-c2cc[n+](CCCCC(=O)O)cc2)cc1. The van der Waals surface area contributed by atoms with E-state index in [2.05, 4.69) is 33.4 Å². The van der Waals surface area contributed by atoms with Crippen molar-refractivity contribution >= 4 is 11.9 Å². The Labute approximate surface area is 153 Å². The molecule has 2 heterocycles. The Kier molecular flexibility index (Phi) is 7.74.